The van der Waals surface area contributed by atoms with Crippen molar-refractivity contribution in [2.24, 2.45) is 0 Å². The van der Waals surface area contributed by atoms with Gasteiger partial charge in [0.1, 0.15) is 0 Å². The zero-order valence-electron chi connectivity index (χ0n) is 14.6. The Morgan fingerprint density at radius 2 is 1.92 bits per heavy atom. The van der Waals surface area contributed by atoms with E-state index in [1.54, 1.807) is 0 Å². The summed E-state index contributed by atoms with van der Waals surface area (Å²) in [5.74, 6) is 0.0137. The summed E-state index contributed by atoms with van der Waals surface area (Å²) in [7, 11) is 0. The number of nitrogens with one attached hydrogen (secondary N) is 1. The maximum atomic E-state index is 12.3. The fourth-order valence-electron chi connectivity index (χ4n) is 2.97. The van der Waals surface area contributed by atoms with Gasteiger partial charge in [0.25, 0.3) is 0 Å². The number of benzene rings is 1. The van der Waals surface area contributed by atoms with Gasteiger partial charge in [-0.25, -0.2) is 9.50 Å². The molecule has 0 saturated carbocycles. The lowest BCUT2D eigenvalue weighted by atomic mass is 10.1. The fourth-order valence-corrected chi connectivity index (χ4v) is 2.97. The highest BCUT2D eigenvalue weighted by atomic mass is 16.1. The van der Waals surface area contributed by atoms with Gasteiger partial charge in [-0.05, 0) is 51.3 Å². The Morgan fingerprint density at radius 3 is 2.67 bits per heavy atom. The molecule has 2 heterocycles. The maximum Gasteiger partial charge on any atom is 0.224 e. The highest BCUT2D eigenvalue weighted by molar-refractivity contribution is 5.91. The first-order chi connectivity index (χ1) is 11.5. The Kier molecular flexibility index (Phi) is 4.34. The van der Waals surface area contributed by atoms with Gasteiger partial charge in [0.15, 0.2) is 5.65 Å². The van der Waals surface area contributed by atoms with Crippen molar-refractivity contribution in [3.05, 3.63) is 58.5 Å². The number of carbonyl (C=O) groups excluding carboxylic acids is 1. The van der Waals surface area contributed by atoms with Gasteiger partial charge in [-0.1, -0.05) is 18.2 Å². The molecule has 5 nitrogen and oxygen atoms in total. The van der Waals surface area contributed by atoms with Crippen molar-refractivity contribution >= 4 is 17.2 Å². The number of anilines is 1. The van der Waals surface area contributed by atoms with Crippen molar-refractivity contribution in [1.29, 1.82) is 0 Å². The first-order valence-corrected chi connectivity index (χ1v) is 8.13. The van der Waals surface area contributed by atoms with E-state index in [-0.39, 0.29) is 5.91 Å². The molecule has 0 bridgehead atoms. The summed E-state index contributed by atoms with van der Waals surface area (Å²) in [6.07, 6.45) is 1.07. The lowest BCUT2D eigenvalue weighted by molar-refractivity contribution is -0.116. The third kappa shape index (κ3) is 3.15. The van der Waals surface area contributed by atoms with E-state index >= 15 is 0 Å². The summed E-state index contributed by atoms with van der Waals surface area (Å²) >= 11 is 0. The number of amides is 1. The molecule has 1 aromatic carbocycles. The highest BCUT2D eigenvalue weighted by Gasteiger charge is 2.13. The van der Waals surface area contributed by atoms with E-state index in [1.165, 1.54) is 0 Å². The van der Waals surface area contributed by atoms with Crippen molar-refractivity contribution in [1.82, 2.24) is 14.6 Å². The molecule has 1 amide bonds. The number of aryl methyl sites for hydroxylation is 4. The zero-order chi connectivity index (χ0) is 17.3. The molecule has 3 aromatic rings. The standard InChI is InChI=1S/C19H22N4O/c1-12-7-5-6-8-17(12)21-19(24)10-9-16-14(3)20-18-11-13(2)22-23(18)15(16)4/h5-8,11H,9-10H2,1-4H3,(H,21,24). The zero-order valence-corrected chi connectivity index (χ0v) is 14.6. The van der Waals surface area contributed by atoms with Gasteiger partial charge in [0, 0.05) is 29.6 Å². The second-order valence-electron chi connectivity index (χ2n) is 6.18. The van der Waals surface area contributed by atoms with Crippen LogP contribution in [-0.4, -0.2) is 20.5 Å². The van der Waals surface area contributed by atoms with Gasteiger partial charge in [-0.3, -0.25) is 4.79 Å². The van der Waals surface area contributed by atoms with Crippen LogP contribution in [-0.2, 0) is 11.2 Å². The van der Waals surface area contributed by atoms with E-state index in [0.29, 0.717) is 12.8 Å². The lowest BCUT2D eigenvalue weighted by Crippen LogP contribution is -2.15. The number of rotatable bonds is 4. The molecule has 5 heteroatoms. The van der Waals surface area contributed by atoms with Crippen LogP contribution in [0.25, 0.3) is 5.65 Å². The van der Waals surface area contributed by atoms with Crippen LogP contribution in [0.1, 0.15) is 34.6 Å². The molecule has 0 atom stereocenters. The summed E-state index contributed by atoms with van der Waals surface area (Å²) < 4.78 is 1.86. The van der Waals surface area contributed by atoms with E-state index in [1.807, 2.05) is 62.5 Å². The van der Waals surface area contributed by atoms with Crippen LogP contribution in [0.15, 0.2) is 30.3 Å². The van der Waals surface area contributed by atoms with Crippen molar-refractivity contribution in [2.45, 2.75) is 40.5 Å². The lowest BCUT2D eigenvalue weighted by Gasteiger charge is -2.12. The molecule has 2 aromatic heterocycles. The molecule has 1 N–H and O–H groups in total. The number of fused-ring (bicyclic) bond motifs is 1. The Bertz CT molecular complexity index is 911. The number of hydrogen-bond acceptors (Lipinski definition) is 3. The Labute approximate surface area is 141 Å². The van der Waals surface area contributed by atoms with Crippen molar-refractivity contribution < 1.29 is 4.79 Å². The molecule has 0 unspecified atom stereocenters. The molecule has 0 radical (unpaired) electrons. The predicted molar refractivity (Wildman–Crippen MR) is 95.3 cm³/mol. The molecule has 24 heavy (non-hydrogen) atoms. The van der Waals surface area contributed by atoms with Crippen LogP contribution < -0.4 is 5.32 Å². The fraction of sp³-hybridized carbons (Fsp3) is 0.316. The molecule has 3 rings (SSSR count). The van der Waals surface area contributed by atoms with Crippen molar-refractivity contribution in [3.63, 3.8) is 0 Å². The van der Waals surface area contributed by atoms with Gasteiger partial charge in [0.2, 0.25) is 5.91 Å². The molecular formula is C19H22N4O. The third-order valence-corrected chi connectivity index (χ3v) is 4.31. The summed E-state index contributed by atoms with van der Waals surface area (Å²) in [5, 5.41) is 7.45. The largest absolute Gasteiger partial charge is 0.326 e. The van der Waals surface area contributed by atoms with E-state index in [0.717, 1.165) is 39.5 Å². The van der Waals surface area contributed by atoms with Crippen LogP contribution in [0, 0.1) is 27.7 Å². The average Bonchev–Trinajstić information content (AvgIpc) is 2.90. The number of carbonyl (C=O) groups is 1. The molecule has 0 fully saturated rings. The molecule has 0 spiro atoms. The van der Waals surface area contributed by atoms with Crippen molar-refractivity contribution in [3.8, 4) is 0 Å². The topological polar surface area (TPSA) is 59.3 Å². The maximum absolute atomic E-state index is 12.3. The third-order valence-electron chi connectivity index (χ3n) is 4.31. The number of aromatic nitrogens is 3. The highest BCUT2D eigenvalue weighted by Crippen LogP contribution is 2.18. The summed E-state index contributed by atoms with van der Waals surface area (Å²) in [6.45, 7) is 7.97. The first-order valence-electron chi connectivity index (χ1n) is 8.13. The molecule has 0 aliphatic heterocycles. The van der Waals surface area contributed by atoms with Gasteiger partial charge >= 0.3 is 0 Å². The van der Waals surface area contributed by atoms with Gasteiger partial charge in [-0.2, -0.15) is 5.10 Å². The molecule has 0 saturated heterocycles. The SMILES string of the molecule is Cc1cc2nc(C)c(CCC(=O)Nc3ccccc3C)c(C)n2n1. The van der Waals surface area contributed by atoms with Crippen molar-refractivity contribution in [2.75, 3.05) is 5.32 Å². The first kappa shape index (κ1) is 16.2. The van der Waals surface area contributed by atoms with Crippen LogP contribution >= 0.6 is 0 Å². The quantitative estimate of drug-likeness (QED) is 0.799. The second-order valence-corrected chi connectivity index (χ2v) is 6.18. The Hall–Kier alpha value is -2.69. The molecule has 124 valence electrons. The second kappa shape index (κ2) is 6.43. The number of nitrogens with zero attached hydrogens (tertiary/aromatic N) is 3. The monoisotopic (exact) mass is 322 g/mol. The van der Waals surface area contributed by atoms with Crippen LogP contribution in [0.4, 0.5) is 5.69 Å². The number of para-hydroxylation sites is 1. The van der Waals surface area contributed by atoms with Gasteiger partial charge < -0.3 is 5.32 Å². The van der Waals surface area contributed by atoms with E-state index in [4.69, 9.17) is 0 Å². The summed E-state index contributed by atoms with van der Waals surface area (Å²) in [5.41, 5.74) is 6.83. The molecule has 0 aliphatic carbocycles. The Balaban J connectivity index is 1.76. The predicted octanol–water partition coefficient (Wildman–Crippen LogP) is 3.53. The molecule has 0 aliphatic rings. The van der Waals surface area contributed by atoms with Gasteiger partial charge in [0.05, 0.1) is 5.69 Å². The minimum atomic E-state index is 0.0137. The van der Waals surface area contributed by atoms with E-state index in [9.17, 15) is 4.79 Å². The minimum absolute atomic E-state index is 0.0137. The Morgan fingerprint density at radius 1 is 1.17 bits per heavy atom. The minimum Gasteiger partial charge on any atom is -0.326 e. The smallest absolute Gasteiger partial charge is 0.224 e. The van der Waals surface area contributed by atoms with E-state index in [2.05, 4.69) is 15.4 Å². The van der Waals surface area contributed by atoms with E-state index < -0.39 is 0 Å². The summed E-state index contributed by atoms with van der Waals surface area (Å²) in [6, 6.07) is 9.76. The van der Waals surface area contributed by atoms with Crippen LogP contribution in [0.5, 0.6) is 0 Å². The number of hydrogen-bond donors (Lipinski definition) is 1. The summed E-state index contributed by atoms with van der Waals surface area (Å²) in [4.78, 5) is 16.9. The van der Waals surface area contributed by atoms with Crippen LogP contribution in [0.3, 0.4) is 0 Å². The molecular weight excluding hydrogens is 300 g/mol. The van der Waals surface area contributed by atoms with Gasteiger partial charge in [-0.15, -0.1) is 0 Å². The normalized spacial score (nSPS) is 11.0. The average molecular weight is 322 g/mol. The van der Waals surface area contributed by atoms with Crippen LogP contribution in [0.2, 0.25) is 0 Å².